The zero-order valence-electron chi connectivity index (χ0n) is 15.5. The normalized spacial score (nSPS) is 14.5. The number of carbonyl (C=O) groups is 2. The van der Waals surface area contributed by atoms with E-state index in [9.17, 15) is 9.59 Å². The van der Waals surface area contributed by atoms with Gasteiger partial charge in [-0.15, -0.1) is 10.2 Å². The molecule has 9 heteroatoms. The van der Waals surface area contributed by atoms with E-state index in [-0.39, 0.29) is 17.6 Å². The molecule has 1 aliphatic heterocycles. The molecule has 2 amide bonds. The van der Waals surface area contributed by atoms with Crippen LogP contribution < -0.4 is 5.32 Å². The molecule has 2 aromatic rings. The fourth-order valence-corrected chi connectivity index (χ4v) is 3.66. The van der Waals surface area contributed by atoms with E-state index < -0.39 is 0 Å². The van der Waals surface area contributed by atoms with Crippen molar-refractivity contribution in [3.8, 4) is 11.5 Å². The predicted molar refractivity (Wildman–Crippen MR) is 108 cm³/mol. The molecule has 0 aliphatic carbocycles. The van der Waals surface area contributed by atoms with Crippen molar-refractivity contribution >= 4 is 35.2 Å². The van der Waals surface area contributed by atoms with Crippen molar-refractivity contribution in [2.45, 2.75) is 37.3 Å². The van der Waals surface area contributed by atoms with Crippen LogP contribution in [0.25, 0.3) is 11.5 Å². The number of nitrogens with zero attached hydrogens (tertiary/aromatic N) is 3. The Morgan fingerprint density at radius 3 is 2.54 bits per heavy atom. The highest BCUT2D eigenvalue weighted by atomic mass is 35.5. The number of likely N-dealkylation sites (tertiary alicyclic amines) is 1. The Balaban J connectivity index is 1.37. The van der Waals surface area contributed by atoms with Crippen molar-refractivity contribution in [3.63, 3.8) is 0 Å². The van der Waals surface area contributed by atoms with Crippen LogP contribution in [0, 0.1) is 0 Å². The molecule has 1 aliphatic rings. The average molecular weight is 423 g/mol. The van der Waals surface area contributed by atoms with Crippen LogP contribution in [0.5, 0.6) is 0 Å². The third kappa shape index (κ3) is 6.24. The number of hydrogen-bond donors (Lipinski definition) is 1. The molecule has 1 aromatic heterocycles. The summed E-state index contributed by atoms with van der Waals surface area (Å²) in [5.41, 5.74) is 0.764. The van der Waals surface area contributed by atoms with Gasteiger partial charge in [0.2, 0.25) is 17.7 Å². The molecular weight excluding hydrogens is 400 g/mol. The number of rotatable bonds is 7. The van der Waals surface area contributed by atoms with Crippen LogP contribution in [0.2, 0.25) is 5.02 Å². The second-order valence-electron chi connectivity index (χ2n) is 6.56. The van der Waals surface area contributed by atoms with Gasteiger partial charge in [0.05, 0.1) is 5.75 Å². The number of hydrogen-bond acceptors (Lipinski definition) is 6. The Kier molecular flexibility index (Phi) is 7.73. The second-order valence-corrected chi connectivity index (χ2v) is 7.93. The number of carbonyl (C=O) groups excluding carboxylic acids is 2. The van der Waals surface area contributed by atoms with Crippen molar-refractivity contribution in [1.29, 1.82) is 0 Å². The molecule has 0 atom stereocenters. The Morgan fingerprint density at radius 2 is 1.82 bits per heavy atom. The van der Waals surface area contributed by atoms with Crippen LogP contribution in [0.15, 0.2) is 33.9 Å². The maximum Gasteiger partial charge on any atom is 0.277 e. The van der Waals surface area contributed by atoms with Crippen molar-refractivity contribution < 1.29 is 14.0 Å². The summed E-state index contributed by atoms with van der Waals surface area (Å²) in [6.07, 6.45) is 4.84. The fraction of sp³-hybridized carbons (Fsp3) is 0.474. The molecule has 1 fully saturated rings. The molecule has 28 heavy (non-hydrogen) atoms. The first-order valence-corrected chi connectivity index (χ1v) is 10.7. The smallest absolute Gasteiger partial charge is 0.277 e. The van der Waals surface area contributed by atoms with Gasteiger partial charge in [0.1, 0.15) is 0 Å². The molecule has 0 saturated carbocycles. The summed E-state index contributed by atoms with van der Waals surface area (Å²) >= 11 is 7.03. The lowest BCUT2D eigenvalue weighted by Crippen LogP contribution is -2.35. The molecule has 0 spiro atoms. The van der Waals surface area contributed by atoms with Crippen LogP contribution in [0.1, 0.15) is 32.1 Å². The summed E-state index contributed by atoms with van der Waals surface area (Å²) in [4.78, 5) is 26.1. The van der Waals surface area contributed by atoms with Crippen LogP contribution in [0.4, 0.5) is 0 Å². The van der Waals surface area contributed by atoms with Gasteiger partial charge in [-0.3, -0.25) is 9.59 Å². The SMILES string of the molecule is O=C(CSc1nnc(-c2ccc(Cl)cc2)o1)NCCC(=O)N1CCCCCC1. The number of thioether (sulfide) groups is 1. The third-order valence-corrected chi connectivity index (χ3v) is 5.51. The third-order valence-electron chi connectivity index (χ3n) is 4.44. The minimum absolute atomic E-state index is 0.111. The molecule has 1 aromatic carbocycles. The quantitative estimate of drug-likeness (QED) is 0.688. The van der Waals surface area contributed by atoms with Gasteiger partial charge in [-0.1, -0.05) is 36.2 Å². The second kappa shape index (κ2) is 10.5. The fourth-order valence-electron chi connectivity index (χ4n) is 2.94. The van der Waals surface area contributed by atoms with E-state index in [1.165, 1.54) is 12.8 Å². The first kappa shape index (κ1) is 20.7. The number of amides is 2. The summed E-state index contributed by atoms with van der Waals surface area (Å²) in [6.45, 7) is 2.00. The van der Waals surface area contributed by atoms with Gasteiger partial charge in [0, 0.05) is 36.6 Å². The number of benzene rings is 1. The molecule has 7 nitrogen and oxygen atoms in total. The minimum Gasteiger partial charge on any atom is -0.411 e. The van der Waals surface area contributed by atoms with Gasteiger partial charge in [0.15, 0.2) is 0 Å². The summed E-state index contributed by atoms with van der Waals surface area (Å²) in [5, 5.41) is 11.6. The summed E-state index contributed by atoms with van der Waals surface area (Å²) in [7, 11) is 0. The van der Waals surface area contributed by atoms with E-state index in [1.807, 2.05) is 4.90 Å². The van der Waals surface area contributed by atoms with Crippen LogP contribution in [0.3, 0.4) is 0 Å². The first-order chi connectivity index (χ1) is 13.6. The highest BCUT2D eigenvalue weighted by Crippen LogP contribution is 2.24. The van der Waals surface area contributed by atoms with Crippen LogP contribution >= 0.6 is 23.4 Å². The first-order valence-electron chi connectivity index (χ1n) is 9.38. The molecule has 150 valence electrons. The van der Waals surface area contributed by atoms with E-state index in [4.69, 9.17) is 16.0 Å². The molecule has 2 heterocycles. The molecule has 3 rings (SSSR count). The van der Waals surface area contributed by atoms with Gasteiger partial charge in [-0.2, -0.15) is 0 Å². The predicted octanol–water partition coefficient (Wildman–Crippen LogP) is 3.39. The van der Waals surface area contributed by atoms with E-state index in [0.29, 0.717) is 29.1 Å². The van der Waals surface area contributed by atoms with E-state index in [0.717, 1.165) is 43.3 Å². The topological polar surface area (TPSA) is 88.3 Å². The van der Waals surface area contributed by atoms with E-state index in [2.05, 4.69) is 15.5 Å². The molecule has 1 saturated heterocycles. The van der Waals surface area contributed by atoms with Gasteiger partial charge < -0.3 is 14.6 Å². The summed E-state index contributed by atoms with van der Waals surface area (Å²) in [6, 6.07) is 7.07. The maximum absolute atomic E-state index is 12.2. The molecule has 0 bridgehead atoms. The lowest BCUT2D eigenvalue weighted by atomic mass is 10.2. The average Bonchev–Trinajstić information content (AvgIpc) is 2.99. The monoisotopic (exact) mass is 422 g/mol. The van der Waals surface area contributed by atoms with Crippen molar-refractivity contribution in [2.24, 2.45) is 0 Å². The standard InChI is InChI=1S/C19H23ClN4O3S/c20-15-7-5-14(6-8-15)18-22-23-19(27-18)28-13-16(25)21-10-9-17(26)24-11-3-1-2-4-12-24/h5-8H,1-4,9-13H2,(H,21,25). The van der Waals surface area contributed by atoms with Crippen molar-refractivity contribution in [3.05, 3.63) is 29.3 Å². The van der Waals surface area contributed by atoms with Crippen LogP contribution in [-0.2, 0) is 9.59 Å². The Labute approximate surface area is 173 Å². The number of nitrogens with one attached hydrogen (secondary N) is 1. The largest absolute Gasteiger partial charge is 0.411 e. The van der Waals surface area contributed by atoms with Gasteiger partial charge >= 0.3 is 0 Å². The Bertz CT molecular complexity index is 789. The lowest BCUT2D eigenvalue weighted by molar-refractivity contribution is -0.131. The number of aromatic nitrogens is 2. The van der Waals surface area contributed by atoms with Gasteiger partial charge in [-0.05, 0) is 37.1 Å². The molecule has 1 N–H and O–H groups in total. The minimum atomic E-state index is -0.167. The van der Waals surface area contributed by atoms with E-state index in [1.54, 1.807) is 24.3 Å². The van der Waals surface area contributed by atoms with Crippen LogP contribution in [-0.4, -0.2) is 52.3 Å². The highest BCUT2D eigenvalue weighted by molar-refractivity contribution is 7.99. The molecule has 0 radical (unpaired) electrons. The van der Waals surface area contributed by atoms with Gasteiger partial charge in [0.25, 0.3) is 5.22 Å². The van der Waals surface area contributed by atoms with Crippen molar-refractivity contribution in [2.75, 3.05) is 25.4 Å². The lowest BCUT2D eigenvalue weighted by Gasteiger charge is -2.20. The van der Waals surface area contributed by atoms with Crippen molar-refractivity contribution in [1.82, 2.24) is 20.4 Å². The highest BCUT2D eigenvalue weighted by Gasteiger charge is 2.16. The summed E-state index contributed by atoms with van der Waals surface area (Å²) < 4.78 is 5.55. The Morgan fingerprint density at radius 1 is 1.11 bits per heavy atom. The number of halogens is 1. The summed E-state index contributed by atoms with van der Waals surface area (Å²) in [5.74, 6) is 0.474. The molecule has 0 unspecified atom stereocenters. The molecular formula is C19H23ClN4O3S. The van der Waals surface area contributed by atoms with E-state index >= 15 is 0 Å². The Hall–Kier alpha value is -2.06. The maximum atomic E-state index is 12.2. The zero-order valence-corrected chi connectivity index (χ0v) is 17.1. The zero-order chi connectivity index (χ0) is 19.8. The van der Waals surface area contributed by atoms with Gasteiger partial charge in [-0.25, -0.2) is 0 Å².